The zero-order valence-electron chi connectivity index (χ0n) is 15.3. The number of likely N-dealkylation sites (N-methyl/N-ethyl adjacent to an activating group) is 1. The molecule has 2 aromatic rings. The molecule has 1 saturated heterocycles. The molecule has 1 heterocycles. The Hall–Kier alpha value is -2.82. The van der Waals surface area contributed by atoms with Gasteiger partial charge in [-0.3, -0.25) is 9.59 Å². The maximum absolute atomic E-state index is 12.6. The Bertz CT molecular complexity index is 759. The second-order valence-corrected chi connectivity index (χ2v) is 6.74. The second-order valence-electron chi connectivity index (χ2n) is 6.74. The molecule has 1 fully saturated rings. The van der Waals surface area contributed by atoms with E-state index in [4.69, 9.17) is 0 Å². The van der Waals surface area contributed by atoms with Gasteiger partial charge in [-0.25, -0.2) is 0 Å². The number of rotatable bonds is 6. The summed E-state index contributed by atoms with van der Waals surface area (Å²) < 4.78 is 0. The lowest BCUT2D eigenvalue weighted by Gasteiger charge is -2.23. The van der Waals surface area contributed by atoms with Gasteiger partial charge in [0.15, 0.2) is 0 Å². The monoisotopic (exact) mass is 351 g/mol. The fraction of sp³-hybridized carbons (Fsp3) is 0.333. The molecule has 5 nitrogen and oxygen atoms in total. The van der Waals surface area contributed by atoms with E-state index in [2.05, 4.69) is 5.32 Å². The zero-order chi connectivity index (χ0) is 18.5. The minimum absolute atomic E-state index is 0.0349. The summed E-state index contributed by atoms with van der Waals surface area (Å²) in [4.78, 5) is 27.9. The maximum atomic E-state index is 12.6. The summed E-state index contributed by atoms with van der Waals surface area (Å²) in [5.74, 6) is 0.212. The van der Waals surface area contributed by atoms with E-state index in [0.29, 0.717) is 13.0 Å². The predicted octanol–water partition coefficient (Wildman–Crippen LogP) is 3.27. The molecule has 26 heavy (non-hydrogen) atoms. The number of anilines is 2. The van der Waals surface area contributed by atoms with Crippen molar-refractivity contribution in [1.29, 1.82) is 0 Å². The molecule has 1 aliphatic rings. The Morgan fingerprint density at radius 1 is 1.15 bits per heavy atom. The van der Waals surface area contributed by atoms with E-state index in [1.165, 1.54) is 0 Å². The van der Waals surface area contributed by atoms with Crippen LogP contribution >= 0.6 is 0 Å². The quantitative estimate of drug-likeness (QED) is 0.869. The average Bonchev–Trinajstić information content (AvgIpc) is 3.08. The number of carbonyl (C=O) groups is 2. The number of nitrogens with one attached hydrogen (secondary N) is 1. The molecule has 1 aliphatic heterocycles. The largest absolute Gasteiger partial charge is 0.374 e. The van der Waals surface area contributed by atoms with Crippen LogP contribution in [0, 0.1) is 0 Å². The molecule has 0 radical (unpaired) electrons. The van der Waals surface area contributed by atoms with Crippen LogP contribution in [-0.2, 0) is 16.1 Å². The Kier molecular flexibility index (Phi) is 5.56. The summed E-state index contributed by atoms with van der Waals surface area (Å²) >= 11 is 0. The normalized spacial score (nSPS) is 15.0. The van der Waals surface area contributed by atoms with Gasteiger partial charge in [0.05, 0.1) is 0 Å². The van der Waals surface area contributed by atoms with E-state index < -0.39 is 0 Å². The molecule has 0 aliphatic carbocycles. The van der Waals surface area contributed by atoms with Crippen LogP contribution in [0.15, 0.2) is 54.6 Å². The number of hydrogen-bond donors (Lipinski definition) is 1. The van der Waals surface area contributed by atoms with Gasteiger partial charge in [0.2, 0.25) is 11.8 Å². The topological polar surface area (TPSA) is 52.7 Å². The number of amides is 2. The minimum atomic E-state index is -0.331. The molecule has 0 unspecified atom stereocenters. The molecule has 0 aromatic heterocycles. The van der Waals surface area contributed by atoms with Crippen molar-refractivity contribution in [2.24, 2.45) is 0 Å². The highest BCUT2D eigenvalue weighted by Crippen LogP contribution is 2.23. The molecule has 2 aromatic carbocycles. The van der Waals surface area contributed by atoms with Crippen molar-refractivity contribution in [2.45, 2.75) is 32.4 Å². The highest BCUT2D eigenvalue weighted by atomic mass is 16.2. The number of carbonyl (C=O) groups excluding carboxylic acids is 2. The predicted molar refractivity (Wildman–Crippen MR) is 104 cm³/mol. The molecule has 0 spiro atoms. The van der Waals surface area contributed by atoms with Gasteiger partial charge in [-0.1, -0.05) is 30.3 Å². The fourth-order valence-electron chi connectivity index (χ4n) is 3.24. The van der Waals surface area contributed by atoms with Crippen LogP contribution in [0.4, 0.5) is 11.4 Å². The minimum Gasteiger partial charge on any atom is -0.374 e. The SMILES string of the molecule is C[C@H](Nc1ccc(N2CCCC2=O)cc1)C(=O)N(C)Cc1ccccc1. The third-order valence-corrected chi connectivity index (χ3v) is 4.64. The molecule has 5 heteroatoms. The molecule has 0 saturated carbocycles. The molecular weight excluding hydrogens is 326 g/mol. The maximum Gasteiger partial charge on any atom is 0.244 e. The first-order valence-electron chi connectivity index (χ1n) is 9.00. The zero-order valence-corrected chi connectivity index (χ0v) is 15.3. The Morgan fingerprint density at radius 2 is 1.85 bits per heavy atom. The van der Waals surface area contributed by atoms with E-state index in [1.54, 1.807) is 4.90 Å². The average molecular weight is 351 g/mol. The number of hydrogen-bond acceptors (Lipinski definition) is 3. The van der Waals surface area contributed by atoms with Gasteiger partial charge >= 0.3 is 0 Å². The summed E-state index contributed by atoms with van der Waals surface area (Å²) in [5, 5.41) is 3.24. The van der Waals surface area contributed by atoms with Gasteiger partial charge in [-0.2, -0.15) is 0 Å². The van der Waals surface area contributed by atoms with Gasteiger partial charge in [-0.05, 0) is 43.2 Å². The summed E-state index contributed by atoms with van der Waals surface area (Å²) in [5.41, 5.74) is 2.89. The molecule has 2 amide bonds. The first kappa shape index (κ1) is 18.0. The van der Waals surface area contributed by atoms with Gasteiger partial charge < -0.3 is 15.1 Å². The summed E-state index contributed by atoms with van der Waals surface area (Å²) in [6.45, 7) is 3.23. The summed E-state index contributed by atoms with van der Waals surface area (Å²) in [6.07, 6.45) is 1.54. The lowest BCUT2D eigenvalue weighted by molar-refractivity contribution is -0.130. The molecule has 1 atom stereocenters. The van der Waals surface area contributed by atoms with E-state index in [1.807, 2.05) is 73.5 Å². The van der Waals surface area contributed by atoms with Gasteiger partial charge in [0.25, 0.3) is 0 Å². The highest BCUT2D eigenvalue weighted by molar-refractivity contribution is 5.95. The van der Waals surface area contributed by atoms with Crippen LogP contribution in [0.1, 0.15) is 25.3 Å². The van der Waals surface area contributed by atoms with Crippen LogP contribution in [0.2, 0.25) is 0 Å². The van der Waals surface area contributed by atoms with Crippen molar-refractivity contribution in [2.75, 3.05) is 23.8 Å². The summed E-state index contributed by atoms with van der Waals surface area (Å²) in [6, 6.07) is 17.3. The van der Waals surface area contributed by atoms with E-state index in [9.17, 15) is 9.59 Å². The fourth-order valence-corrected chi connectivity index (χ4v) is 3.24. The van der Waals surface area contributed by atoms with Crippen molar-refractivity contribution in [3.8, 4) is 0 Å². The first-order valence-corrected chi connectivity index (χ1v) is 9.00. The van der Waals surface area contributed by atoms with Crippen LogP contribution in [-0.4, -0.2) is 36.3 Å². The molecule has 1 N–H and O–H groups in total. The Balaban J connectivity index is 1.57. The van der Waals surface area contributed by atoms with E-state index >= 15 is 0 Å². The van der Waals surface area contributed by atoms with Crippen LogP contribution in [0.5, 0.6) is 0 Å². The smallest absolute Gasteiger partial charge is 0.244 e. The molecule has 3 rings (SSSR count). The third-order valence-electron chi connectivity index (χ3n) is 4.64. The Labute approximate surface area is 154 Å². The molecule has 0 bridgehead atoms. The molecule has 136 valence electrons. The first-order chi connectivity index (χ1) is 12.5. The number of benzene rings is 2. The van der Waals surface area contributed by atoms with E-state index in [-0.39, 0.29) is 17.9 Å². The highest BCUT2D eigenvalue weighted by Gasteiger charge is 2.22. The Morgan fingerprint density at radius 3 is 2.46 bits per heavy atom. The van der Waals surface area contributed by atoms with Gasteiger partial charge in [-0.15, -0.1) is 0 Å². The van der Waals surface area contributed by atoms with Crippen molar-refractivity contribution in [3.05, 3.63) is 60.2 Å². The van der Waals surface area contributed by atoms with E-state index in [0.717, 1.165) is 29.9 Å². The molecular formula is C21H25N3O2. The van der Waals surface area contributed by atoms with Crippen molar-refractivity contribution < 1.29 is 9.59 Å². The standard InChI is InChI=1S/C21H25N3O2/c1-16(21(26)23(2)15-17-7-4-3-5-8-17)22-18-10-12-19(13-11-18)24-14-6-9-20(24)25/h3-5,7-8,10-13,16,22H,6,9,14-15H2,1-2H3/t16-/m0/s1. The lowest BCUT2D eigenvalue weighted by Crippen LogP contribution is -2.38. The lowest BCUT2D eigenvalue weighted by atomic mass is 10.2. The number of nitrogens with zero attached hydrogens (tertiary/aromatic N) is 2. The van der Waals surface area contributed by atoms with Gasteiger partial charge in [0, 0.05) is 37.9 Å². The third kappa shape index (κ3) is 4.23. The van der Waals surface area contributed by atoms with Crippen LogP contribution in [0.3, 0.4) is 0 Å². The second kappa shape index (κ2) is 8.04. The summed E-state index contributed by atoms with van der Waals surface area (Å²) in [7, 11) is 1.82. The van der Waals surface area contributed by atoms with Crippen LogP contribution in [0.25, 0.3) is 0 Å². The van der Waals surface area contributed by atoms with Crippen molar-refractivity contribution >= 4 is 23.2 Å². The van der Waals surface area contributed by atoms with Crippen molar-refractivity contribution in [3.63, 3.8) is 0 Å². The van der Waals surface area contributed by atoms with Crippen LogP contribution < -0.4 is 10.2 Å². The van der Waals surface area contributed by atoms with Gasteiger partial charge in [0.1, 0.15) is 6.04 Å². The van der Waals surface area contributed by atoms with Crippen molar-refractivity contribution in [1.82, 2.24) is 4.90 Å².